The maximum atomic E-state index is 11.1. The molecule has 0 saturated carbocycles. The first-order valence-electron chi connectivity index (χ1n) is 5.85. The first-order valence-corrected chi connectivity index (χ1v) is 6.23. The van der Waals surface area contributed by atoms with E-state index in [4.69, 9.17) is 22.6 Å². The van der Waals surface area contributed by atoms with Crippen LogP contribution in [0.1, 0.15) is 18.4 Å². The predicted molar refractivity (Wildman–Crippen MR) is 70.3 cm³/mol. The summed E-state index contributed by atoms with van der Waals surface area (Å²) in [6.45, 7) is 1.58. The van der Waals surface area contributed by atoms with Crippen molar-refractivity contribution in [1.82, 2.24) is 0 Å². The summed E-state index contributed by atoms with van der Waals surface area (Å²) in [6.07, 6.45) is 1.54. The molecule has 0 aromatic heterocycles. The van der Waals surface area contributed by atoms with Crippen molar-refractivity contribution in [3.05, 3.63) is 28.8 Å². The number of hydrogen-bond donors (Lipinski definition) is 1. The second-order valence-electron chi connectivity index (χ2n) is 4.44. The van der Waals surface area contributed by atoms with Gasteiger partial charge in [-0.15, -0.1) is 0 Å². The van der Waals surface area contributed by atoms with Crippen LogP contribution in [0.15, 0.2) is 18.2 Å². The van der Waals surface area contributed by atoms with Gasteiger partial charge in [0.25, 0.3) is 0 Å². The number of nitrogens with zero attached hydrogens (tertiary/aromatic N) is 2. The number of primary amides is 1. The van der Waals surface area contributed by atoms with Gasteiger partial charge in [-0.25, -0.2) is 0 Å². The van der Waals surface area contributed by atoms with Crippen LogP contribution in [0.5, 0.6) is 0 Å². The number of halogens is 1. The summed E-state index contributed by atoms with van der Waals surface area (Å²) in [5, 5.41) is 9.28. The predicted octanol–water partition coefficient (Wildman–Crippen LogP) is 1.91. The summed E-state index contributed by atoms with van der Waals surface area (Å²) < 4.78 is 0. The first kappa shape index (κ1) is 12.7. The third kappa shape index (κ3) is 2.57. The van der Waals surface area contributed by atoms with E-state index in [0.717, 1.165) is 31.6 Å². The van der Waals surface area contributed by atoms with Gasteiger partial charge in [0.15, 0.2) is 0 Å². The average Bonchev–Trinajstić information content (AvgIpc) is 2.38. The lowest BCUT2D eigenvalue weighted by Crippen LogP contribution is -2.38. The minimum atomic E-state index is -0.215. The van der Waals surface area contributed by atoms with Gasteiger partial charge in [-0.1, -0.05) is 11.6 Å². The number of rotatable bonds is 2. The Morgan fingerprint density at radius 1 is 1.44 bits per heavy atom. The average molecular weight is 264 g/mol. The summed E-state index contributed by atoms with van der Waals surface area (Å²) in [5.41, 5.74) is 6.77. The molecule has 0 bridgehead atoms. The number of nitrogens with two attached hydrogens (primary N) is 1. The molecule has 18 heavy (non-hydrogen) atoms. The lowest BCUT2D eigenvalue weighted by atomic mass is 9.96. The Hall–Kier alpha value is -1.73. The van der Waals surface area contributed by atoms with Crippen LogP contribution in [0, 0.1) is 17.2 Å². The van der Waals surface area contributed by atoms with Crippen LogP contribution in [-0.4, -0.2) is 19.0 Å². The molecule has 0 aliphatic carbocycles. The summed E-state index contributed by atoms with van der Waals surface area (Å²) >= 11 is 6.00. The molecule has 1 amide bonds. The molecule has 1 aromatic rings. The summed E-state index contributed by atoms with van der Waals surface area (Å²) in [5.74, 6) is -0.234. The minimum absolute atomic E-state index is 0.0184. The van der Waals surface area contributed by atoms with Gasteiger partial charge < -0.3 is 10.6 Å². The SMILES string of the molecule is N#Cc1ccc(N2CCC(C(N)=O)CC2)cc1Cl. The topological polar surface area (TPSA) is 70.1 Å². The van der Waals surface area contributed by atoms with Crippen molar-refractivity contribution in [2.24, 2.45) is 11.7 Å². The fraction of sp³-hybridized carbons (Fsp3) is 0.385. The maximum absolute atomic E-state index is 11.1. The van der Waals surface area contributed by atoms with E-state index in [9.17, 15) is 4.79 Å². The van der Waals surface area contributed by atoms with E-state index >= 15 is 0 Å². The monoisotopic (exact) mass is 263 g/mol. The van der Waals surface area contributed by atoms with Gasteiger partial charge in [0.05, 0.1) is 10.6 Å². The Morgan fingerprint density at radius 2 is 2.11 bits per heavy atom. The Kier molecular flexibility index (Phi) is 3.73. The zero-order valence-electron chi connectivity index (χ0n) is 9.90. The van der Waals surface area contributed by atoms with E-state index < -0.39 is 0 Å². The molecule has 2 rings (SSSR count). The molecule has 1 aliphatic heterocycles. The molecule has 0 atom stereocenters. The maximum Gasteiger partial charge on any atom is 0.220 e. The van der Waals surface area contributed by atoms with Crippen LogP contribution in [0.2, 0.25) is 5.02 Å². The quantitative estimate of drug-likeness (QED) is 0.886. The molecular weight excluding hydrogens is 250 g/mol. The molecule has 2 N–H and O–H groups in total. The molecule has 94 valence electrons. The number of carbonyl (C=O) groups is 1. The van der Waals surface area contributed by atoms with E-state index in [-0.39, 0.29) is 11.8 Å². The fourth-order valence-corrected chi connectivity index (χ4v) is 2.43. The highest BCUT2D eigenvalue weighted by Crippen LogP contribution is 2.27. The second kappa shape index (κ2) is 5.28. The van der Waals surface area contributed by atoms with Crippen molar-refractivity contribution in [3.63, 3.8) is 0 Å². The van der Waals surface area contributed by atoms with E-state index in [1.807, 2.05) is 12.1 Å². The number of piperidine rings is 1. The van der Waals surface area contributed by atoms with Crippen LogP contribution in [0.25, 0.3) is 0 Å². The summed E-state index contributed by atoms with van der Waals surface area (Å²) in [4.78, 5) is 13.2. The molecular formula is C13H14ClN3O. The van der Waals surface area contributed by atoms with Crippen LogP contribution >= 0.6 is 11.6 Å². The molecule has 1 aromatic carbocycles. The molecule has 1 heterocycles. The normalized spacial score (nSPS) is 16.3. The third-order valence-electron chi connectivity index (χ3n) is 3.34. The van der Waals surface area contributed by atoms with Crippen LogP contribution in [0.4, 0.5) is 5.69 Å². The third-order valence-corrected chi connectivity index (χ3v) is 3.65. The molecule has 1 saturated heterocycles. The summed E-state index contributed by atoms with van der Waals surface area (Å²) in [7, 11) is 0. The van der Waals surface area contributed by atoms with Gasteiger partial charge in [-0.3, -0.25) is 4.79 Å². The number of hydrogen-bond acceptors (Lipinski definition) is 3. The molecule has 0 radical (unpaired) electrons. The number of nitriles is 1. The Labute approximate surface area is 111 Å². The highest BCUT2D eigenvalue weighted by Gasteiger charge is 2.23. The van der Waals surface area contributed by atoms with Gasteiger partial charge in [0.2, 0.25) is 5.91 Å². The molecule has 1 fully saturated rings. The van der Waals surface area contributed by atoms with Crippen LogP contribution in [-0.2, 0) is 4.79 Å². The Bertz CT molecular complexity index is 501. The molecule has 0 unspecified atom stereocenters. The van der Waals surface area contributed by atoms with Gasteiger partial charge in [0.1, 0.15) is 6.07 Å². The second-order valence-corrected chi connectivity index (χ2v) is 4.85. The van der Waals surface area contributed by atoms with Crippen LogP contribution in [0.3, 0.4) is 0 Å². The van der Waals surface area contributed by atoms with Crippen molar-refractivity contribution in [2.75, 3.05) is 18.0 Å². The number of amides is 1. The van der Waals surface area contributed by atoms with E-state index in [0.29, 0.717) is 10.6 Å². The number of benzene rings is 1. The lowest BCUT2D eigenvalue weighted by Gasteiger charge is -2.32. The largest absolute Gasteiger partial charge is 0.371 e. The fourth-order valence-electron chi connectivity index (χ4n) is 2.21. The van der Waals surface area contributed by atoms with Crippen molar-refractivity contribution < 1.29 is 4.79 Å². The Balaban J connectivity index is 2.08. The Morgan fingerprint density at radius 3 is 2.61 bits per heavy atom. The van der Waals surface area contributed by atoms with Gasteiger partial charge >= 0.3 is 0 Å². The standard InChI is InChI=1S/C13H14ClN3O/c14-12-7-11(2-1-10(12)8-15)17-5-3-9(4-6-17)13(16)18/h1-2,7,9H,3-6H2,(H2,16,18). The molecule has 4 nitrogen and oxygen atoms in total. The van der Waals surface area contributed by atoms with Crippen molar-refractivity contribution in [3.8, 4) is 6.07 Å². The molecule has 5 heteroatoms. The van der Waals surface area contributed by atoms with Crippen molar-refractivity contribution in [2.45, 2.75) is 12.8 Å². The highest BCUT2D eigenvalue weighted by atomic mass is 35.5. The zero-order chi connectivity index (χ0) is 13.1. The molecule has 1 aliphatic rings. The molecule has 0 spiro atoms. The zero-order valence-corrected chi connectivity index (χ0v) is 10.7. The van der Waals surface area contributed by atoms with E-state index in [1.165, 1.54) is 0 Å². The van der Waals surface area contributed by atoms with Gasteiger partial charge in [-0.2, -0.15) is 5.26 Å². The van der Waals surface area contributed by atoms with E-state index in [1.54, 1.807) is 12.1 Å². The van der Waals surface area contributed by atoms with E-state index in [2.05, 4.69) is 4.90 Å². The minimum Gasteiger partial charge on any atom is -0.371 e. The van der Waals surface area contributed by atoms with Crippen molar-refractivity contribution >= 4 is 23.2 Å². The van der Waals surface area contributed by atoms with Crippen molar-refractivity contribution in [1.29, 1.82) is 5.26 Å². The highest BCUT2D eigenvalue weighted by molar-refractivity contribution is 6.32. The lowest BCUT2D eigenvalue weighted by molar-refractivity contribution is -0.122. The summed E-state index contributed by atoms with van der Waals surface area (Å²) in [6, 6.07) is 7.44. The first-order chi connectivity index (χ1) is 8.61. The number of anilines is 1. The smallest absolute Gasteiger partial charge is 0.220 e. The number of carbonyl (C=O) groups excluding carboxylic acids is 1. The van der Waals surface area contributed by atoms with Gasteiger partial charge in [0, 0.05) is 24.7 Å². The van der Waals surface area contributed by atoms with Gasteiger partial charge in [-0.05, 0) is 31.0 Å². The van der Waals surface area contributed by atoms with Crippen LogP contribution < -0.4 is 10.6 Å².